The minimum Gasteiger partial charge on any atom is -0.334 e. The van der Waals surface area contributed by atoms with Crippen molar-refractivity contribution in [3.63, 3.8) is 0 Å². The summed E-state index contributed by atoms with van der Waals surface area (Å²) in [6, 6.07) is 14.8. The standard InChI is InChI=1S/C35H36N8O2/c1-40-10-9-37-33(40)29-11-21(16-36)3-8-28(29)24-13-31(23-4-5-23)38-32(14-24)39-34(44)30-12-22(18-43(35(30)45)25-6-7-25)17-42-20-26-15-27(42)19-41(26)2/h3,8-14,18,23,25-27H,4-7,15,17,19-20H2,1-2H3,(H,38,39,44)/t26-,27-/m0/s1. The summed E-state index contributed by atoms with van der Waals surface area (Å²) in [7, 11) is 4.12. The molecule has 2 bridgehead atoms. The van der Waals surface area contributed by atoms with E-state index >= 15 is 0 Å². The Hall–Kier alpha value is -4.59. The van der Waals surface area contributed by atoms with Gasteiger partial charge in [0.1, 0.15) is 17.2 Å². The van der Waals surface area contributed by atoms with E-state index in [2.05, 4.69) is 39.3 Å². The van der Waals surface area contributed by atoms with E-state index in [1.54, 1.807) is 22.9 Å². The third kappa shape index (κ3) is 5.26. The maximum atomic E-state index is 13.9. The highest BCUT2D eigenvalue weighted by Gasteiger charge is 2.41. The van der Waals surface area contributed by atoms with Gasteiger partial charge in [-0.25, -0.2) is 9.97 Å². The molecule has 2 aliphatic heterocycles. The lowest BCUT2D eigenvalue weighted by molar-refractivity contribution is 0.102. The Morgan fingerprint density at radius 1 is 1.02 bits per heavy atom. The highest BCUT2D eigenvalue weighted by molar-refractivity contribution is 6.04. The van der Waals surface area contributed by atoms with Crippen LogP contribution >= 0.6 is 0 Å². The number of benzene rings is 1. The Kier molecular flexibility index (Phi) is 6.69. The van der Waals surface area contributed by atoms with E-state index in [1.165, 1.54) is 6.42 Å². The van der Waals surface area contributed by atoms with Crippen molar-refractivity contribution in [1.29, 1.82) is 5.26 Å². The molecule has 8 rings (SSSR count). The summed E-state index contributed by atoms with van der Waals surface area (Å²) in [5.41, 5.74) is 4.97. The number of pyridine rings is 2. The van der Waals surface area contributed by atoms with Crippen molar-refractivity contribution in [2.45, 2.75) is 62.7 Å². The van der Waals surface area contributed by atoms with Gasteiger partial charge in [-0.05, 0) is 86.2 Å². The summed E-state index contributed by atoms with van der Waals surface area (Å²) >= 11 is 0. The lowest BCUT2D eigenvalue weighted by Crippen LogP contribution is -2.44. The van der Waals surface area contributed by atoms with Crippen LogP contribution in [0.3, 0.4) is 0 Å². The van der Waals surface area contributed by atoms with Crippen LogP contribution in [0, 0.1) is 11.3 Å². The Labute approximate surface area is 261 Å². The summed E-state index contributed by atoms with van der Waals surface area (Å²) in [6.45, 7) is 2.81. The first-order valence-electron chi connectivity index (χ1n) is 15.9. The zero-order valence-corrected chi connectivity index (χ0v) is 25.6. The van der Waals surface area contributed by atoms with E-state index in [4.69, 9.17) is 4.98 Å². The van der Waals surface area contributed by atoms with Crippen molar-refractivity contribution >= 4 is 11.7 Å². The van der Waals surface area contributed by atoms with Crippen LogP contribution in [0.4, 0.5) is 5.82 Å². The second-order valence-electron chi connectivity index (χ2n) is 13.2. The molecule has 2 saturated carbocycles. The fourth-order valence-electron chi connectivity index (χ4n) is 7.13. The number of likely N-dealkylation sites (N-methyl/N-ethyl adjacent to an activating group) is 1. The number of likely N-dealkylation sites (tertiary alicyclic amines) is 2. The van der Waals surface area contributed by atoms with Crippen LogP contribution in [0.2, 0.25) is 0 Å². The van der Waals surface area contributed by atoms with Gasteiger partial charge < -0.3 is 19.4 Å². The van der Waals surface area contributed by atoms with Crippen LogP contribution in [0.25, 0.3) is 22.5 Å². The lowest BCUT2D eigenvalue weighted by Gasteiger charge is -2.32. The van der Waals surface area contributed by atoms with E-state index in [0.29, 0.717) is 29.4 Å². The number of carbonyl (C=O) groups is 1. The minimum atomic E-state index is -0.436. The van der Waals surface area contributed by atoms with Crippen molar-refractivity contribution in [1.82, 2.24) is 28.9 Å². The molecule has 3 aromatic heterocycles. The number of hydrogen-bond acceptors (Lipinski definition) is 7. The number of carbonyl (C=O) groups excluding carboxylic acids is 1. The normalized spacial score (nSPS) is 21.3. The summed E-state index contributed by atoms with van der Waals surface area (Å²) in [4.78, 5) is 41.8. The first-order chi connectivity index (χ1) is 21.8. The van der Waals surface area contributed by atoms with Gasteiger partial charge in [-0.3, -0.25) is 14.5 Å². The van der Waals surface area contributed by atoms with Crippen LogP contribution in [0.5, 0.6) is 0 Å². The summed E-state index contributed by atoms with van der Waals surface area (Å²) in [5, 5.41) is 12.6. The van der Waals surface area contributed by atoms with Crippen LogP contribution in [0.1, 0.15) is 71.2 Å². The molecule has 1 amide bonds. The van der Waals surface area contributed by atoms with Gasteiger partial charge in [0.25, 0.3) is 11.5 Å². The molecule has 2 atom stereocenters. The van der Waals surface area contributed by atoms with Crippen LogP contribution in [-0.2, 0) is 13.6 Å². The number of nitrogens with zero attached hydrogens (tertiary/aromatic N) is 7. The molecule has 4 aromatic rings. The topological polar surface area (TPSA) is 112 Å². The van der Waals surface area contributed by atoms with Gasteiger partial charge in [0.2, 0.25) is 0 Å². The second-order valence-corrected chi connectivity index (χ2v) is 13.2. The fraction of sp³-hybridized carbons (Fsp3) is 0.400. The van der Waals surface area contributed by atoms with Crippen molar-refractivity contribution < 1.29 is 4.79 Å². The Morgan fingerprint density at radius 3 is 2.53 bits per heavy atom. The SMILES string of the molecule is CN1C[C@@H]2C[C@H]1CN2Cc1cc(C(=O)Nc2cc(-c3ccc(C#N)cc3-c3nccn3C)cc(C3CC3)n2)c(=O)n(C2CC2)c1. The second kappa shape index (κ2) is 10.8. The Bertz CT molecular complexity index is 1930. The maximum absolute atomic E-state index is 13.9. The summed E-state index contributed by atoms with van der Waals surface area (Å²) in [6.07, 6.45) is 10.8. The molecular weight excluding hydrogens is 564 g/mol. The number of nitriles is 1. The molecule has 0 spiro atoms. The number of hydrogen-bond donors (Lipinski definition) is 1. The molecule has 2 aliphatic carbocycles. The number of piperazine rings is 1. The monoisotopic (exact) mass is 600 g/mol. The van der Waals surface area contributed by atoms with Gasteiger partial charge in [-0.2, -0.15) is 5.26 Å². The van der Waals surface area contributed by atoms with Gasteiger partial charge in [-0.15, -0.1) is 0 Å². The molecule has 0 radical (unpaired) electrons. The number of fused-ring (bicyclic) bond motifs is 2. The summed E-state index contributed by atoms with van der Waals surface area (Å²) < 4.78 is 3.70. The average Bonchev–Trinajstić information content (AvgIpc) is 3.96. The van der Waals surface area contributed by atoms with E-state index in [0.717, 1.165) is 79.1 Å². The van der Waals surface area contributed by atoms with E-state index < -0.39 is 5.91 Å². The molecule has 0 unspecified atom stereocenters. The fourth-order valence-corrected chi connectivity index (χ4v) is 7.13. The number of amides is 1. The molecule has 4 fully saturated rings. The van der Waals surface area contributed by atoms with Gasteiger partial charge in [-0.1, -0.05) is 6.07 Å². The van der Waals surface area contributed by atoms with Crippen LogP contribution in [0.15, 0.2) is 59.8 Å². The maximum Gasteiger partial charge on any atom is 0.263 e. The third-order valence-corrected chi connectivity index (χ3v) is 9.90. The molecule has 5 heterocycles. The number of imidazole rings is 1. The zero-order valence-electron chi connectivity index (χ0n) is 25.6. The number of rotatable bonds is 8. The Morgan fingerprint density at radius 2 is 1.87 bits per heavy atom. The number of aryl methyl sites for hydroxylation is 1. The van der Waals surface area contributed by atoms with Gasteiger partial charge in [0.05, 0.1) is 11.6 Å². The average molecular weight is 601 g/mol. The first kappa shape index (κ1) is 27.9. The van der Waals surface area contributed by atoms with Gasteiger partial charge >= 0.3 is 0 Å². The quantitative estimate of drug-likeness (QED) is 0.316. The number of anilines is 1. The zero-order chi connectivity index (χ0) is 30.8. The Balaban J connectivity index is 1.14. The molecule has 10 heteroatoms. The van der Waals surface area contributed by atoms with E-state index in [1.807, 2.05) is 42.2 Å². The van der Waals surface area contributed by atoms with E-state index in [-0.39, 0.29) is 17.2 Å². The van der Waals surface area contributed by atoms with Crippen LogP contribution < -0.4 is 10.9 Å². The highest BCUT2D eigenvalue weighted by Crippen LogP contribution is 2.42. The van der Waals surface area contributed by atoms with Gasteiger partial charge in [0, 0.05) is 80.6 Å². The molecule has 45 heavy (non-hydrogen) atoms. The van der Waals surface area contributed by atoms with Crippen molar-refractivity contribution in [2.24, 2.45) is 7.05 Å². The smallest absolute Gasteiger partial charge is 0.263 e. The van der Waals surface area contributed by atoms with Crippen LogP contribution in [-0.4, -0.2) is 67.0 Å². The minimum absolute atomic E-state index is 0.160. The molecular formula is C35H36N8O2. The molecule has 2 saturated heterocycles. The highest BCUT2D eigenvalue weighted by atomic mass is 16.2. The van der Waals surface area contributed by atoms with Crippen molar-refractivity contribution in [2.75, 3.05) is 25.5 Å². The largest absolute Gasteiger partial charge is 0.334 e. The van der Waals surface area contributed by atoms with E-state index in [9.17, 15) is 14.9 Å². The first-order valence-corrected chi connectivity index (χ1v) is 15.9. The van der Waals surface area contributed by atoms with Crippen molar-refractivity contribution in [3.05, 3.63) is 87.7 Å². The summed E-state index contributed by atoms with van der Waals surface area (Å²) in [5.74, 6) is 1.06. The molecule has 1 aromatic carbocycles. The van der Waals surface area contributed by atoms with Gasteiger partial charge in [0.15, 0.2) is 0 Å². The predicted molar refractivity (Wildman–Crippen MR) is 171 cm³/mol. The molecule has 1 N–H and O–H groups in total. The molecule has 228 valence electrons. The van der Waals surface area contributed by atoms with Crippen molar-refractivity contribution in [3.8, 4) is 28.6 Å². The third-order valence-electron chi connectivity index (χ3n) is 9.90. The number of nitrogens with one attached hydrogen (secondary N) is 1. The predicted octanol–water partition coefficient (Wildman–Crippen LogP) is 4.54. The molecule has 10 nitrogen and oxygen atoms in total. The lowest BCUT2D eigenvalue weighted by atomic mass is 9.96. The number of aromatic nitrogens is 4. The molecule has 4 aliphatic rings.